The van der Waals surface area contributed by atoms with E-state index >= 15 is 0 Å². The van der Waals surface area contributed by atoms with Gasteiger partial charge in [0.25, 0.3) is 0 Å². The zero-order chi connectivity index (χ0) is 16.2. The lowest BCUT2D eigenvalue weighted by molar-refractivity contribution is -0.118. The van der Waals surface area contributed by atoms with Crippen molar-refractivity contribution in [1.82, 2.24) is 0 Å². The summed E-state index contributed by atoms with van der Waals surface area (Å²) in [5.74, 6) is 0.224. The monoisotopic (exact) mass is 308 g/mol. The van der Waals surface area contributed by atoms with E-state index in [2.05, 4.69) is 55.1 Å². The van der Waals surface area contributed by atoms with E-state index in [1.165, 1.54) is 16.8 Å². The van der Waals surface area contributed by atoms with Gasteiger partial charge >= 0.3 is 0 Å². The van der Waals surface area contributed by atoms with Gasteiger partial charge < -0.3 is 9.80 Å². The number of rotatable bonds is 5. The standard InChI is InChI=1S/C20H24N2O/c1-3-21(18-10-6-4-8-16(18)2)14-13-20(23)22-15-12-17-9-5-7-11-19(17)22/h4-11H,3,12-15H2,1-2H3. The van der Waals surface area contributed by atoms with E-state index in [4.69, 9.17) is 0 Å². The van der Waals surface area contributed by atoms with Crippen LogP contribution in [0.1, 0.15) is 24.5 Å². The van der Waals surface area contributed by atoms with Crippen LogP contribution in [0.4, 0.5) is 11.4 Å². The van der Waals surface area contributed by atoms with Crippen LogP contribution >= 0.6 is 0 Å². The average Bonchev–Trinajstić information content (AvgIpc) is 3.01. The average molecular weight is 308 g/mol. The summed E-state index contributed by atoms with van der Waals surface area (Å²) in [6.45, 7) is 6.75. The third-order valence-electron chi connectivity index (χ3n) is 4.62. The molecule has 0 N–H and O–H groups in total. The molecule has 1 aliphatic heterocycles. The molecule has 2 aromatic rings. The van der Waals surface area contributed by atoms with Crippen LogP contribution in [0.3, 0.4) is 0 Å². The van der Waals surface area contributed by atoms with Crippen molar-refractivity contribution >= 4 is 17.3 Å². The van der Waals surface area contributed by atoms with Gasteiger partial charge in [-0.25, -0.2) is 0 Å². The fourth-order valence-electron chi connectivity index (χ4n) is 3.33. The van der Waals surface area contributed by atoms with Crippen LogP contribution in [0.15, 0.2) is 48.5 Å². The molecule has 23 heavy (non-hydrogen) atoms. The number of amides is 1. The van der Waals surface area contributed by atoms with Crippen LogP contribution in [0, 0.1) is 6.92 Å². The zero-order valence-corrected chi connectivity index (χ0v) is 14.0. The summed E-state index contributed by atoms with van der Waals surface area (Å²) in [6.07, 6.45) is 1.52. The minimum atomic E-state index is 0.224. The molecule has 3 nitrogen and oxygen atoms in total. The van der Waals surface area contributed by atoms with Crippen LogP contribution in [0.25, 0.3) is 0 Å². The third-order valence-corrected chi connectivity index (χ3v) is 4.62. The fourth-order valence-corrected chi connectivity index (χ4v) is 3.33. The maximum Gasteiger partial charge on any atom is 0.228 e. The predicted molar refractivity (Wildman–Crippen MR) is 96.2 cm³/mol. The topological polar surface area (TPSA) is 23.6 Å². The number of anilines is 2. The molecule has 0 atom stereocenters. The molecule has 0 saturated carbocycles. The number of fused-ring (bicyclic) bond motifs is 1. The molecule has 0 saturated heterocycles. The van der Waals surface area contributed by atoms with Gasteiger partial charge in [-0.2, -0.15) is 0 Å². The molecule has 1 heterocycles. The Bertz CT molecular complexity index is 696. The summed E-state index contributed by atoms with van der Waals surface area (Å²) < 4.78 is 0. The van der Waals surface area contributed by atoms with Gasteiger partial charge in [-0.1, -0.05) is 36.4 Å². The molecule has 0 bridgehead atoms. The highest BCUT2D eigenvalue weighted by molar-refractivity contribution is 5.95. The summed E-state index contributed by atoms with van der Waals surface area (Å²) in [6, 6.07) is 16.6. The smallest absolute Gasteiger partial charge is 0.228 e. The minimum absolute atomic E-state index is 0.224. The molecule has 2 aromatic carbocycles. The van der Waals surface area contributed by atoms with Crippen molar-refractivity contribution in [1.29, 1.82) is 0 Å². The third kappa shape index (κ3) is 3.24. The summed E-state index contributed by atoms with van der Waals surface area (Å²) in [5.41, 5.74) is 4.86. The first-order valence-electron chi connectivity index (χ1n) is 8.39. The lowest BCUT2D eigenvalue weighted by atomic mass is 10.1. The number of aryl methyl sites for hydroxylation is 1. The zero-order valence-electron chi connectivity index (χ0n) is 14.0. The SMILES string of the molecule is CCN(CCC(=O)N1CCc2ccccc21)c1ccccc1C. The largest absolute Gasteiger partial charge is 0.371 e. The van der Waals surface area contributed by atoms with E-state index < -0.39 is 0 Å². The Morgan fingerprint density at radius 1 is 1.13 bits per heavy atom. The van der Waals surface area contributed by atoms with Crippen LogP contribution in [-0.4, -0.2) is 25.5 Å². The molecule has 0 fully saturated rings. The Balaban J connectivity index is 1.66. The van der Waals surface area contributed by atoms with E-state index in [0.29, 0.717) is 6.42 Å². The van der Waals surface area contributed by atoms with Gasteiger partial charge in [-0.05, 0) is 43.5 Å². The van der Waals surface area contributed by atoms with Gasteiger partial charge in [0.15, 0.2) is 0 Å². The quantitative estimate of drug-likeness (QED) is 0.839. The number of carbonyl (C=O) groups is 1. The van der Waals surface area contributed by atoms with Crippen LogP contribution in [-0.2, 0) is 11.2 Å². The summed E-state index contributed by atoms with van der Waals surface area (Å²) >= 11 is 0. The second-order valence-corrected chi connectivity index (χ2v) is 6.04. The second kappa shape index (κ2) is 6.86. The first-order chi connectivity index (χ1) is 11.2. The highest BCUT2D eigenvalue weighted by atomic mass is 16.2. The summed E-state index contributed by atoms with van der Waals surface area (Å²) in [5, 5.41) is 0. The molecule has 1 amide bonds. The first kappa shape index (κ1) is 15.6. The molecule has 1 aliphatic rings. The van der Waals surface area contributed by atoms with Crippen molar-refractivity contribution in [2.24, 2.45) is 0 Å². The summed E-state index contributed by atoms with van der Waals surface area (Å²) in [4.78, 5) is 16.9. The normalized spacial score (nSPS) is 13.0. The highest BCUT2D eigenvalue weighted by Gasteiger charge is 2.24. The number of carbonyl (C=O) groups excluding carboxylic acids is 1. The Labute approximate surface area is 138 Å². The first-order valence-corrected chi connectivity index (χ1v) is 8.39. The number of nitrogens with zero attached hydrogens (tertiary/aromatic N) is 2. The van der Waals surface area contributed by atoms with Gasteiger partial charge in [0.2, 0.25) is 5.91 Å². The molecule has 0 unspecified atom stereocenters. The molecule has 0 aliphatic carbocycles. The number of hydrogen-bond acceptors (Lipinski definition) is 2. The van der Waals surface area contributed by atoms with E-state index in [9.17, 15) is 4.79 Å². The second-order valence-electron chi connectivity index (χ2n) is 6.04. The van der Waals surface area contributed by atoms with Crippen LogP contribution < -0.4 is 9.80 Å². The van der Waals surface area contributed by atoms with Gasteiger partial charge in [0, 0.05) is 37.4 Å². The van der Waals surface area contributed by atoms with Gasteiger partial charge in [-0.15, -0.1) is 0 Å². The van der Waals surface area contributed by atoms with Crippen molar-refractivity contribution in [2.45, 2.75) is 26.7 Å². The lowest BCUT2D eigenvalue weighted by Gasteiger charge is -2.26. The fraction of sp³-hybridized carbons (Fsp3) is 0.350. The minimum Gasteiger partial charge on any atom is -0.371 e. The number of benzene rings is 2. The maximum absolute atomic E-state index is 12.6. The van der Waals surface area contributed by atoms with Crippen molar-refractivity contribution < 1.29 is 4.79 Å². The highest BCUT2D eigenvalue weighted by Crippen LogP contribution is 2.28. The molecular formula is C20H24N2O. The Morgan fingerprint density at radius 3 is 2.65 bits per heavy atom. The molecule has 3 heteroatoms. The number of para-hydroxylation sites is 2. The summed E-state index contributed by atoms with van der Waals surface area (Å²) in [7, 11) is 0. The van der Waals surface area contributed by atoms with Crippen molar-refractivity contribution in [3.05, 3.63) is 59.7 Å². The Hall–Kier alpha value is -2.29. The lowest BCUT2D eigenvalue weighted by Crippen LogP contribution is -2.33. The molecule has 0 spiro atoms. The van der Waals surface area contributed by atoms with Crippen LogP contribution in [0.2, 0.25) is 0 Å². The molecule has 0 aromatic heterocycles. The van der Waals surface area contributed by atoms with Gasteiger partial charge in [0.05, 0.1) is 0 Å². The van der Waals surface area contributed by atoms with Gasteiger partial charge in [-0.3, -0.25) is 4.79 Å². The maximum atomic E-state index is 12.6. The van der Waals surface area contributed by atoms with E-state index in [-0.39, 0.29) is 5.91 Å². The Morgan fingerprint density at radius 2 is 1.87 bits per heavy atom. The van der Waals surface area contributed by atoms with Crippen molar-refractivity contribution in [3.63, 3.8) is 0 Å². The van der Waals surface area contributed by atoms with E-state index in [0.717, 1.165) is 31.7 Å². The van der Waals surface area contributed by atoms with E-state index in [1.807, 2.05) is 17.0 Å². The molecule has 3 rings (SSSR count). The van der Waals surface area contributed by atoms with Crippen molar-refractivity contribution in [2.75, 3.05) is 29.4 Å². The Kier molecular flexibility index (Phi) is 4.65. The predicted octanol–water partition coefficient (Wildman–Crippen LogP) is 3.80. The van der Waals surface area contributed by atoms with Crippen molar-refractivity contribution in [3.8, 4) is 0 Å². The van der Waals surface area contributed by atoms with E-state index in [1.54, 1.807) is 0 Å². The van der Waals surface area contributed by atoms with Crippen LogP contribution in [0.5, 0.6) is 0 Å². The van der Waals surface area contributed by atoms with Gasteiger partial charge in [0.1, 0.15) is 0 Å². The molecule has 0 radical (unpaired) electrons. The number of hydrogen-bond donors (Lipinski definition) is 0. The molecule has 120 valence electrons. The molecular weight excluding hydrogens is 284 g/mol.